The third kappa shape index (κ3) is 2.84. The number of ether oxygens (including phenoxy) is 1. The smallest absolute Gasteiger partial charge is 0.161 e. The Morgan fingerprint density at radius 3 is 2.71 bits per heavy atom. The van der Waals surface area contributed by atoms with Crippen molar-refractivity contribution in [2.75, 3.05) is 0 Å². The van der Waals surface area contributed by atoms with E-state index in [1.54, 1.807) is 42.5 Å². The summed E-state index contributed by atoms with van der Waals surface area (Å²) in [5, 5.41) is 9.51. The Morgan fingerprint density at radius 2 is 1.94 bits per heavy atom. The van der Waals surface area contributed by atoms with Crippen molar-refractivity contribution in [1.82, 2.24) is 0 Å². The summed E-state index contributed by atoms with van der Waals surface area (Å²) in [6.45, 7) is 0.319. The summed E-state index contributed by atoms with van der Waals surface area (Å²) in [5.41, 5.74) is 1.50. The van der Waals surface area contributed by atoms with Gasteiger partial charge in [0.2, 0.25) is 0 Å². The van der Waals surface area contributed by atoms with Gasteiger partial charge in [-0.05, 0) is 23.8 Å². The van der Waals surface area contributed by atoms with E-state index in [4.69, 9.17) is 4.74 Å². The number of aromatic hydroxyl groups is 1. The standard InChI is InChI=1S/C14H12O3/c15-9-11-4-3-5-12(8-11)10-17-14-7-2-1-6-13(14)16/h1-9,16H,10H2. The van der Waals surface area contributed by atoms with Crippen molar-refractivity contribution in [2.24, 2.45) is 0 Å². The fourth-order valence-electron chi connectivity index (χ4n) is 1.50. The fraction of sp³-hybridized carbons (Fsp3) is 0.0714. The average Bonchev–Trinajstić information content (AvgIpc) is 2.38. The summed E-state index contributed by atoms with van der Waals surface area (Å²) in [5.74, 6) is 0.544. The molecule has 2 aromatic carbocycles. The van der Waals surface area contributed by atoms with Crippen LogP contribution in [0.1, 0.15) is 15.9 Å². The SMILES string of the molecule is O=Cc1cccc(COc2ccccc2O)c1. The molecule has 0 amide bonds. The lowest BCUT2D eigenvalue weighted by atomic mass is 10.1. The molecule has 17 heavy (non-hydrogen) atoms. The highest BCUT2D eigenvalue weighted by molar-refractivity contribution is 5.74. The van der Waals surface area contributed by atoms with Crippen molar-refractivity contribution >= 4 is 6.29 Å². The van der Waals surface area contributed by atoms with Crippen LogP contribution in [0.25, 0.3) is 0 Å². The maximum Gasteiger partial charge on any atom is 0.161 e. The summed E-state index contributed by atoms with van der Waals surface area (Å²) < 4.78 is 5.46. The minimum atomic E-state index is 0.110. The number of phenols is 1. The van der Waals surface area contributed by atoms with Gasteiger partial charge in [-0.15, -0.1) is 0 Å². The van der Waals surface area contributed by atoms with Crippen molar-refractivity contribution in [3.05, 3.63) is 59.7 Å². The second kappa shape index (κ2) is 5.16. The van der Waals surface area contributed by atoms with E-state index in [0.717, 1.165) is 11.8 Å². The Kier molecular flexibility index (Phi) is 3.40. The largest absolute Gasteiger partial charge is 0.504 e. The highest BCUT2D eigenvalue weighted by atomic mass is 16.5. The molecule has 0 radical (unpaired) electrons. The molecule has 2 aromatic rings. The van der Waals surface area contributed by atoms with E-state index in [1.165, 1.54) is 0 Å². The Morgan fingerprint density at radius 1 is 1.12 bits per heavy atom. The molecule has 0 fully saturated rings. The van der Waals surface area contributed by atoms with E-state index in [9.17, 15) is 9.90 Å². The van der Waals surface area contributed by atoms with Gasteiger partial charge in [-0.25, -0.2) is 0 Å². The van der Waals surface area contributed by atoms with Crippen LogP contribution in [0.2, 0.25) is 0 Å². The minimum absolute atomic E-state index is 0.110. The molecule has 0 atom stereocenters. The molecule has 86 valence electrons. The lowest BCUT2D eigenvalue weighted by molar-refractivity contribution is 0.112. The van der Waals surface area contributed by atoms with Crippen molar-refractivity contribution in [3.63, 3.8) is 0 Å². The zero-order valence-corrected chi connectivity index (χ0v) is 9.17. The molecule has 0 saturated heterocycles. The Bertz CT molecular complexity index is 520. The van der Waals surface area contributed by atoms with Crippen LogP contribution in [-0.2, 0) is 6.61 Å². The summed E-state index contributed by atoms with van der Waals surface area (Å²) in [6.07, 6.45) is 0.795. The van der Waals surface area contributed by atoms with Crippen molar-refractivity contribution in [2.45, 2.75) is 6.61 Å². The normalized spacial score (nSPS) is 9.88. The van der Waals surface area contributed by atoms with Gasteiger partial charge in [-0.2, -0.15) is 0 Å². The van der Waals surface area contributed by atoms with E-state index in [0.29, 0.717) is 17.9 Å². The summed E-state index contributed by atoms with van der Waals surface area (Å²) in [7, 11) is 0. The van der Waals surface area contributed by atoms with Gasteiger partial charge in [0.25, 0.3) is 0 Å². The molecular weight excluding hydrogens is 216 g/mol. The summed E-state index contributed by atoms with van der Waals surface area (Å²) in [6, 6.07) is 13.9. The molecule has 2 rings (SSSR count). The molecule has 3 nitrogen and oxygen atoms in total. The van der Waals surface area contributed by atoms with E-state index in [1.807, 2.05) is 6.07 Å². The first-order valence-electron chi connectivity index (χ1n) is 5.24. The molecular formula is C14H12O3. The van der Waals surface area contributed by atoms with Crippen LogP contribution in [0.3, 0.4) is 0 Å². The molecule has 0 aromatic heterocycles. The number of benzene rings is 2. The highest BCUT2D eigenvalue weighted by Crippen LogP contribution is 2.25. The van der Waals surface area contributed by atoms with Gasteiger partial charge in [-0.1, -0.05) is 30.3 Å². The maximum atomic E-state index is 10.6. The van der Waals surface area contributed by atoms with Crippen LogP contribution < -0.4 is 4.74 Å². The van der Waals surface area contributed by atoms with Crippen LogP contribution in [0.4, 0.5) is 0 Å². The number of para-hydroxylation sites is 2. The number of hydrogen-bond acceptors (Lipinski definition) is 3. The Balaban J connectivity index is 2.07. The van der Waals surface area contributed by atoms with E-state index >= 15 is 0 Å². The molecule has 0 saturated carbocycles. The monoisotopic (exact) mass is 228 g/mol. The molecule has 0 aliphatic rings. The Labute approximate surface area is 99.3 Å². The lowest BCUT2D eigenvalue weighted by Gasteiger charge is -2.07. The van der Waals surface area contributed by atoms with E-state index in [2.05, 4.69) is 0 Å². The van der Waals surface area contributed by atoms with Gasteiger partial charge in [0, 0.05) is 5.56 Å². The molecule has 0 aliphatic carbocycles. The van der Waals surface area contributed by atoms with Gasteiger partial charge in [0.15, 0.2) is 11.5 Å². The van der Waals surface area contributed by atoms with Gasteiger partial charge in [-0.3, -0.25) is 4.79 Å². The third-order valence-corrected chi connectivity index (χ3v) is 2.35. The number of aldehydes is 1. The van der Waals surface area contributed by atoms with Crippen molar-refractivity contribution in [3.8, 4) is 11.5 Å². The first kappa shape index (κ1) is 11.2. The predicted octanol–water partition coefficient (Wildman–Crippen LogP) is 2.78. The van der Waals surface area contributed by atoms with Crippen LogP contribution >= 0.6 is 0 Å². The number of hydrogen-bond donors (Lipinski definition) is 1. The molecule has 0 spiro atoms. The van der Waals surface area contributed by atoms with Gasteiger partial charge >= 0.3 is 0 Å². The minimum Gasteiger partial charge on any atom is -0.504 e. The van der Waals surface area contributed by atoms with Gasteiger partial charge < -0.3 is 9.84 Å². The van der Waals surface area contributed by atoms with Crippen LogP contribution in [0.15, 0.2) is 48.5 Å². The lowest BCUT2D eigenvalue weighted by Crippen LogP contribution is -1.96. The molecule has 0 heterocycles. The molecule has 0 unspecified atom stereocenters. The second-order valence-electron chi connectivity index (χ2n) is 3.62. The highest BCUT2D eigenvalue weighted by Gasteiger charge is 2.01. The number of phenolic OH excluding ortho intramolecular Hbond substituents is 1. The zero-order chi connectivity index (χ0) is 12.1. The van der Waals surface area contributed by atoms with Crippen molar-refractivity contribution in [1.29, 1.82) is 0 Å². The van der Waals surface area contributed by atoms with Crippen LogP contribution in [0, 0.1) is 0 Å². The van der Waals surface area contributed by atoms with Gasteiger partial charge in [0.1, 0.15) is 12.9 Å². The number of carbonyl (C=O) groups excluding carboxylic acids is 1. The molecule has 1 N–H and O–H groups in total. The predicted molar refractivity (Wildman–Crippen MR) is 64.3 cm³/mol. The zero-order valence-electron chi connectivity index (χ0n) is 9.17. The van der Waals surface area contributed by atoms with E-state index < -0.39 is 0 Å². The first-order valence-corrected chi connectivity index (χ1v) is 5.24. The van der Waals surface area contributed by atoms with Crippen molar-refractivity contribution < 1.29 is 14.6 Å². The quantitative estimate of drug-likeness (QED) is 0.818. The topological polar surface area (TPSA) is 46.5 Å². The number of carbonyl (C=O) groups is 1. The van der Waals surface area contributed by atoms with Gasteiger partial charge in [0.05, 0.1) is 0 Å². The summed E-state index contributed by atoms with van der Waals surface area (Å²) in [4.78, 5) is 10.6. The number of rotatable bonds is 4. The Hall–Kier alpha value is -2.29. The van der Waals surface area contributed by atoms with Crippen LogP contribution in [-0.4, -0.2) is 11.4 Å². The summed E-state index contributed by atoms with van der Waals surface area (Å²) >= 11 is 0. The maximum absolute atomic E-state index is 10.6. The molecule has 3 heteroatoms. The second-order valence-corrected chi connectivity index (χ2v) is 3.62. The third-order valence-electron chi connectivity index (χ3n) is 2.35. The van der Waals surface area contributed by atoms with Crippen LogP contribution in [0.5, 0.6) is 11.5 Å². The first-order chi connectivity index (χ1) is 8.29. The average molecular weight is 228 g/mol. The molecule has 0 bridgehead atoms. The fourth-order valence-corrected chi connectivity index (χ4v) is 1.50. The molecule has 0 aliphatic heterocycles. The van der Waals surface area contributed by atoms with E-state index in [-0.39, 0.29) is 5.75 Å².